The van der Waals surface area contributed by atoms with E-state index in [1.165, 1.54) is 25.3 Å². The fraction of sp³-hybridized carbons (Fsp3) is 0.682. The Balaban J connectivity index is 4.08. The quantitative estimate of drug-likeness (QED) is 0.254. The van der Waals surface area contributed by atoms with Crippen molar-refractivity contribution in [2.45, 2.75) is 90.4 Å². The molecule has 0 aromatic carbocycles. The first-order chi connectivity index (χ1) is 12.7. The predicted molar refractivity (Wildman–Crippen MR) is 109 cm³/mol. The summed E-state index contributed by atoms with van der Waals surface area (Å²) in [5, 5.41) is 38.9. The molecule has 0 aromatic rings. The van der Waals surface area contributed by atoms with Crippen molar-refractivity contribution in [3.63, 3.8) is 0 Å². The van der Waals surface area contributed by atoms with Crippen LogP contribution in [-0.2, 0) is 4.79 Å². The van der Waals surface area contributed by atoms with E-state index >= 15 is 0 Å². The van der Waals surface area contributed by atoms with E-state index in [1.807, 2.05) is 12.2 Å². The zero-order chi connectivity index (χ0) is 20.7. The maximum Gasteiger partial charge on any atom is 0.309 e. The fourth-order valence-corrected chi connectivity index (χ4v) is 2.42. The Hall–Kier alpha value is -1.43. The second-order valence-corrected chi connectivity index (χ2v) is 7.61. The lowest BCUT2D eigenvalue weighted by Gasteiger charge is -2.24. The molecule has 0 radical (unpaired) electrons. The molecule has 0 aromatic heterocycles. The topological polar surface area (TPSA) is 98.0 Å². The Kier molecular flexibility index (Phi) is 13.8. The molecule has 4 N–H and O–H groups in total. The van der Waals surface area contributed by atoms with Gasteiger partial charge in [0.2, 0.25) is 0 Å². The monoisotopic (exact) mass is 382 g/mol. The SMILES string of the molecule is CCCCC/C=C\C/C=C\C/C=C\C(O)C(O)C(O)CCC(C)(C)C(=O)O. The van der Waals surface area contributed by atoms with Crippen molar-refractivity contribution in [2.24, 2.45) is 5.41 Å². The molecule has 0 fully saturated rings. The van der Waals surface area contributed by atoms with Crippen LogP contribution in [0, 0.1) is 5.41 Å². The number of aliphatic carboxylic acids is 1. The minimum Gasteiger partial charge on any atom is -0.481 e. The third-order valence-corrected chi connectivity index (χ3v) is 4.57. The highest BCUT2D eigenvalue weighted by atomic mass is 16.4. The molecule has 0 rings (SSSR count). The summed E-state index contributed by atoms with van der Waals surface area (Å²) in [5.41, 5.74) is -0.975. The first-order valence-corrected chi connectivity index (χ1v) is 9.96. The van der Waals surface area contributed by atoms with Crippen LogP contribution in [0.1, 0.15) is 72.1 Å². The number of allylic oxidation sites excluding steroid dienone is 5. The van der Waals surface area contributed by atoms with Crippen LogP contribution in [-0.4, -0.2) is 44.7 Å². The Morgan fingerprint density at radius 3 is 2.15 bits per heavy atom. The molecular formula is C22H38O5. The molecule has 0 saturated carbocycles. The molecule has 0 bridgehead atoms. The van der Waals surface area contributed by atoms with Crippen LogP contribution >= 0.6 is 0 Å². The van der Waals surface area contributed by atoms with E-state index in [2.05, 4.69) is 19.1 Å². The van der Waals surface area contributed by atoms with Gasteiger partial charge >= 0.3 is 5.97 Å². The predicted octanol–water partition coefficient (Wildman–Crippen LogP) is 3.99. The fourth-order valence-electron chi connectivity index (χ4n) is 2.42. The Labute approximate surface area is 164 Å². The highest BCUT2D eigenvalue weighted by Crippen LogP contribution is 2.24. The molecule has 0 amide bonds. The summed E-state index contributed by atoms with van der Waals surface area (Å²) in [6.45, 7) is 5.33. The molecule has 3 unspecified atom stereocenters. The van der Waals surface area contributed by atoms with Gasteiger partial charge in [0.05, 0.1) is 11.5 Å². The lowest BCUT2D eigenvalue weighted by Crippen LogP contribution is -2.37. The first kappa shape index (κ1) is 25.6. The summed E-state index contributed by atoms with van der Waals surface area (Å²) < 4.78 is 0. The third kappa shape index (κ3) is 12.6. The molecule has 0 heterocycles. The van der Waals surface area contributed by atoms with Gasteiger partial charge in [-0.05, 0) is 52.4 Å². The Morgan fingerprint density at radius 1 is 0.963 bits per heavy atom. The maximum atomic E-state index is 11.0. The summed E-state index contributed by atoms with van der Waals surface area (Å²) in [7, 11) is 0. The molecule has 0 aliphatic heterocycles. The van der Waals surface area contributed by atoms with Gasteiger partial charge in [-0.1, -0.05) is 56.2 Å². The van der Waals surface area contributed by atoms with Gasteiger partial charge in [-0.15, -0.1) is 0 Å². The van der Waals surface area contributed by atoms with E-state index in [-0.39, 0.29) is 12.8 Å². The van der Waals surface area contributed by atoms with Crippen molar-refractivity contribution in [3.05, 3.63) is 36.5 Å². The number of carboxylic acids is 1. The van der Waals surface area contributed by atoms with Gasteiger partial charge in [0.1, 0.15) is 12.2 Å². The highest BCUT2D eigenvalue weighted by molar-refractivity contribution is 5.73. The molecule has 5 nitrogen and oxygen atoms in total. The number of aliphatic hydroxyl groups is 3. The second kappa shape index (κ2) is 14.6. The van der Waals surface area contributed by atoms with Gasteiger partial charge < -0.3 is 20.4 Å². The third-order valence-electron chi connectivity index (χ3n) is 4.57. The van der Waals surface area contributed by atoms with Crippen molar-refractivity contribution < 1.29 is 25.2 Å². The average molecular weight is 383 g/mol. The Morgan fingerprint density at radius 2 is 1.56 bits per heavy atom. The van der Waals surface area contributed by atoms with Gasteiger partial charge in [-0.2, -0.15) is 0 Å². The summed E-state index contributed by atoms with van der Waals surface area (Å²) in [5.74, 6) is -0.952. The average Bonchev–Trinajstić information content (AvgIpc) is 2.63. The minimum atomic E-state index is -1.33. The van der Waals surface area contributed by atoms with E-state index in [9.17, 15) is 20.1 Å². The van der Waals surface area contributed by atoms with Crippen LogP contribution in [0.4, 0.5) is 0 Å². The van der Waals surface area contributed by atoms with E-state index in [0.29, 0.717) is 6.42 Å². The van der Waals surface area contributed by atoms with Crippen molar-refractivity contribution in [2.75, 3.05) is 0 Å². The molecule has 0 saturated heterocycles. The normalized spacial score (nSPS) is 16.4. The molecule has 27 heavy (non-hydrogen) atoms. The van der Waals surface area contributed by atoms with Crippen molar-refractivity contribution in [1.82, 2.24) is 0 Å². The van der Waals surface area contributed by atoms with E-state index in [1.54, 1.807) is 19.9 Å². The molecular weight excluding hydrogens is 344 g/mol. The molecule has 5 heteroatoms. The van der Waals surface area contributed by atoms with E-state index in [0.717, 1.165) is 12.8 Å². The first-order valence-electron chi connectivity index (χ1n) is 9.96. The van der Waals surface area contributed by atoms with Gasteiger partial charge in [0.15, 0.2) is 0 Å². The number of carbonyl (C=O) groups is 1. The van der Waals surface area contributed by atoms with Crippen LogP contribution < -0.4 is 0 Å². The second-order valence-electron chi connectivity index (χ2n) is 7.61. The van der Waals surface area contributed by atoms with Crippen LogP contribution in [0.2, 0.25) is 0 Å². The summed E-state index contributed by atoms with van der Waals surface area (Å²) in [6.07, 6.45) is 14.6. The highest BCUT2D eigenvalue weighted by Gasteiger charge is 2.30. The number of hydrogen-bond acceptors (Lipinski definition) is 4. The van der Waals surface area contributed by atoms with Crippen LogP contribution in [0.25, 0.3) is 0 Å². The number of hydrogen-bond donors (Lipinski definition) is 4. The number of unbranched alkanes of at least 4 members (excludes halogenated alkanes) is 3. The van der Waals surface area contributed by atoms with E-state index < -0.39 is 29.7 Å². The summed E-state index contributed by atoms with van der Waals surface area (Å²) in [4.78, 5) is 11.0. The maximum absolute atomic E-state index is 11.0. The van der Waals surface area contributed by atoms with Gasteiger partial charge in [0, 0.05) is 0 Å². The summed E-state index contributed by atoms with van der Waals surface area (Å²) in [6, 6.07) is 0. The largest absolute Gasteiger partial charge is 0.481 e. The zero-order valence-corrected chi connectivity index (χ0v) is 17.1. The number of carboxylic acid groups (broad SMARTS) is 1. The number of aliphatic hydroxyl groups excluding tert-OH is 3. The van der Waals surface area contributed by atoms with Gasteiger partial charge in [-0.25, -0.2) is 0 Å². The van der Waals surface area contributed by atoms with Gasteiger partial charge in [0.25, 0.3) is 0 Å². The van der Waals surface area contributed by atoms with Crippen molar-refractivity contribution in [1.29, 1.82) is 0 Å². The van der Waals surface area contributed by atoms with Crippen LogP contribution in [0.3, 0.4) is 0 Å². The van der Waals surface area contributed by atoms with Crippen LogP contribution in [0.15, 0.2) is 36.5 Å². The smallest absolute Gasteiger partial charge is 0.309 e. The molecule has 3 atom stereocenters. The molecule has 0 aliphatic carbocycles. The standard InChI is InChI=1S/C22H38O5/c1-4-5-6-7-8-9-10-11-12-13-14-15-18(23)20(25)19(24)16-17-22(2,3)21(26)27/h8-9,11-12,14-15,18-20,23-25H,4-7,10,13,16-17H2,1-3H3,(H,26,27)/b9-8-,12-11-,15-14-. The van der Waals surface area contributed by atoms with Gasteiger partial charge in [-0.3, -0.25) is 4.79 Å². The molecule has 156 valence electrons. The summed E-state index contributed by atoms with van der Waals surface area (Å²) >= 11 is 0. The number of rotatable bonds is 15. The minimum absolute atomic E-state index is 0.107. The zero-order valence-electron chi connectivity index (χ0n) is 17.1. The van der Waals surface area contributed by atoms with E-state index in [4.69, 9.17) is 5.11 Å². The van der Waals surface area contributed by atoms with Crippen molar-refractivity contribution >= 4 is 5.97 Å². The lowest BCUT2D eigenvalue weighted by atomic mass is 9.85. The molecule has 0 aliphatic rings. The van der Waals surface area contributed by atoms with Crippen LogP contribution in [0.5, 0.6) is 0 Å². The van der Waals surface area contributed by atoms with Crippen molar-refractivity contribution in [3.8, 4) is 0 Å². The lowest BCUT2D eigenvalue weighted by molar-refractivity contribution is -0.147. The Bertz CT molecular complexity index is 479. The molecule has 0 spiro atoms.